The normalized spacial score (nSPS) is 11.1. The van der Waals surface area contributed by atoms with Crippen LogP contribution in [-0.2, 0) is 6.54 Å². The average molecular weight is 218 g/mol. The van der Waals surface area contributed by atoms with E-state index in [9.17, 15) is 0 Å². The van der Waals surface area contributed by atoms with Gasteiger partial charge in [0.25, 0.3) is 0 Å². The number of hydrogen-bond donors (Lipinski definition) is 1. The Balaban J connectivity index is 1.89. The third-order valence-electron chi connectivity index (χ3n) is 2.66. The minimum absolute atomic E-state index is 0.870. The van der Waals surface area contributed by atoms with Crippen molar-refractivity contribution in [3.63, 3.8) is 0 Å². The minimum Gasteiger partial charge on any atom is -0.311 e. The van der Waals surface area contributed by atoms with Gasteiger partial charge in [-0.05, 0) is 13.0 Å². The molecule has 0 aromatic carbocycles. The van der Waals surface area contributed by atoms with Crippen LogP contribution in [0.3, 0.4) is 0 Å². The highest BCUT2D eigenvalue weighted by atomic mass is 15.0. The van der Waals surface area contributed by atoms with E-state index in [2.05, 4.69) is 26.6 Å². The molecule has 4 heteroatoms. The van der Waals surface area contributed by atoms with Gasteiger partial charge in [0, 0.05) is 18.9 Å². The first-order valence-corrected chi connectivity index (χ1v) is 5.88. The van der Waals surface area contributed by atoms with E-state index in [1.165, 1.54) is 25.0 Å². The SMILES string of the molecule is CCCCCNCc1cnc2cnccn12. The van der Waals surface area contributed by atoms with Gasteiger partial charge in [-0.1, -0.05) is 19.8 Å². The van der Waals surface area contributed by atoms with Gasteiger partial charge in [-0.2, -0.15) is 0 Å². The summed E-state index contributed by atoms with van der Waals surface area (Å²) in [5, 5.41) is 3.43. The summed E-state index contributed by atoms with van der Waals surface area (Å²) in [6, 6.07) is 0. The van der Waals surface area contributed by atoms with Gasteiger partial charge in [-0.3, -0.25) is 9.38 Å². The Morgan fingerprint density at radius 1 is 1.31 bits per heavy atom. The fourth-order valence-electron chi connectivity index (χ4n) is 1.74. The molecular weight excluding hydrogens is 200 g/mol. The lowest BCUT2D eigenvalue weighted by molar-refractivity contribution is 0.609. The molecule has 0 aliphatic rings. The van der Waals surface area contributed by atoms with E-state index in [-0.39, 0.29) is 0 Å². The molecule has 0 unspecified atom stereocenters. The lowest BCUT2D eigenvalue weighted by Gasteiger charge is -2.03. The smallest absolute Gasteiger partial charge is 0.155 e. The third-order valence-corrected chi connectivity index (χ3v) is 2.66. The number of aromatic nitrogens is 3. The van der Waals surface area contributed by atoms with Crippen molar-refractivity contribution in [2.24, 2.45) is 0 Å². The molecule has 0 aliphatic carbocycles. The lowest BCUT2D eigenvalue weighted by atomic mass is 10.2. The van der Waals surface area contributed by atoms with E-state index in [1.54, 1.807) is 12.4 Å². The van der Waals surface area contributed by atoms with Gasteiger partial charge < -0.3 is 5.32 Å². The molecule has 4 nitrogen and oxygen atoms in total. The predicted octanol–water partition coefficient (Wildman–Crippen LogP) is 2.01. The maximum atomic E-state index is 4.29. The molecular formula is C12H18N4. The van der Waals surface area contributed by atoms with Crippen LogP contribution in [0.4, 0.5) is 0 Å². The van der Waals surface area contributed by atoms with Gasteiger partial charge >= 0.3 is 0 Å². The number of nitrogens with one attached hydrogen (secondary N) is 1. The van der Waals surface area contributed by atoms with Gasteiger partial charge in [-0.25, -0.2) is 4.98 Å². The van der Waals surface area contributed by atoms with Crippen molar-refractivity contribution in [2.45, 2.75) is 32.7 Å². The van der Waals surface area contributed by atoms with Crippen molar-refractivity contribution in [2.75, 3.05) is 6.54 Å². The van der Waals surface area contributed by atoms with Crippen molar-refractivity contribution >= 4 is 5.65 Å². The second kappa shape index (κ2) is 5.61. The van der Waals surface area contributed by atoms with Crippen LogP contribution in [-0.4, -0.2) is 20.9 Å². The maximum Gasteiger partial charge on any atom is 0.155 e. The fourth-order valence-corrected chi connectivity index (χ4v) is 1.74. The van der Waals surface area contributed by atoms with Gasteiger partial charge in [-0.15, -0.1) is 0 Å². The number of unbranched alkanes of at least 4 members (excludes halogenated alkanes) is 2. The Kier molecular flexibility index (Phi) is 3.88. The molecule has 0 radical (unpaired) electrons. The summed E-state index contributed by atoms with van der Waals surface area (Å²) in [6.45, 7) is 4.17. The lowest BCUT2D eigenvalue weighted by Crippen LogP contribution is -2.15. The average Bonchev–Trinajstić information content (AvgIpc) is 2.73. The molecule has 1 N–H and O–H groups in total. The van der Waals surface area contributed by atoms with Crippen molar-refractivity contribution in [1.29, 1.82) is 0 Å². The molecule has 2 rings (SSSR count). The Bertz CT molecular complexity index is 435. The molecule has 0 saturated carbocycles. The Morgan fingerprint density at radius 3 is 3.12 bits per heavy atom. The molecule has 0 spiro atoms. The quantitative estimate of drug-likeness (QED) is 0.754. The zero-order valence-corrected chi connectivity index (χ0v) is 9.69. The number of nitrogens with zero attached hydrogens (tertiary/aromatic N) is 3. The minimum atomic E-state index is 0.870. The molecule has 0 aliphatic heterocycles. The monoisotopic (exact) mass is 218 g/mol. The second-order valence-electron chi connectivity index (χ2n) is 3.94. The summed E-state index contributed by atoms with van der Waals surface area (Å²) < 4.78 is 2.07. The Morgan fingerprint density at radius 2 is 2.25 bits per heavy atom. The van der Waals surface area contributed by atoms with Gasteiger partial charge in [0.2, 0.25) is 0 Å². The summed E-state index contributed by atoms with van der Waals surface area (Å²) in [4.78, 5) is 8.34. The van der Waals surface area contributed by atoms with Crippen LogP contribution in [0.5, 0.6) is 0 Å². The first-order valence-electron chi connectivity index (χ1n) is 5.88. The maximum absolute atomic E-state index is 4.29. The predicted molar refractivity (Wildman–Crippen MR) is 64.2 cm³/mol. The first-order chi connectivity index (χ1) is 7.92. The van der Waals surface area contributed by atoms with E-state index < -0.39 is 0 Å². The molecule has 0 atom stereocenters. The highest BCUT2D eigenvalue weighted by Crippen LogP contribution is 2.04. The molecule has 2 heterocycles. The molecule has 0 saturated heterocycles. The highest BCUT2D eigenvalue weighted by molar-refractivity contribution is 5.36. The molecule has 0 bridgehead atoms. The zero-order chi connectivity index (χ0) is 11.2. The van der Waals surface area contributed by atoms with Crippen LogP contribution >= 0.6 is 0 Å². The molecule has 86 valence electrons. The zero-order valence-electron chi connectivity index (χ0n) is 9.69. The van der Waals surface area contributed by atoms with Crippen molar-refractivity contribution in [3.8, 4) is 0 Å². The van der Waals surface area contributed by atoms with Crippen LogP contribution in [0, 0.1) is 0 Å². The van der Waals surface area contributed by atoms with Crippen LogP contribution in [0.15, 0.2) is 24.8 Å². The van der Waals surface area contributed by atoms with Crippen LogP contribution < -0.4 is 5.32 Å². The number of imidazole rings is 1. The van der Waals surface area contributed by atoms with E-state index in [4.69, 9.17) is 0 Å². The summed E-state index contributed by atoms with van der Waals surface area (Å²) in [7, 11) is 0. The molecule has 0 amide bonds. The number of rotatable bonds is 6. The highest BCUT2D eigenvalue weighted by Gasteiger charge is 2.01. The molecule has 2 aromatic rings. The van der Waals surface area contributed by atoms with Crippen LogP contribution in [0.25, 0.3) is 5.65 Å². The fraction of sp³-hybridized carbons (Fsp3) is 0.500. The van der Waals surface area contributed by atoms with E-state index in [0.717, 1.165) is 18.7 Å². The van der Waals surface area contributed by atoms with Gasteiger partial charge in [0.15, 0.2) is 5.65 Å². The van der Waals surface area contributed by atoms with Gasteiger partial charge in [0.05, 0.1) is 18.1 Å². The summed E-state index contributed by atoms with van der Waals surface area (Å²) in [5.74, 6) is 0. The van der Waals surface area contributed by atoms with Crippen LogP contribution in [0.1, 0.15) is 31.9 Å². The van der Waals surface area contributed by atoms with E-state index >= 15 is 0 Å². The topological polar surface area (TPSA) is 42.2 Å². The van der Waals surface area contributed by atoms with E-state index in [0.29, 0.717) is 0 Å². The van der Waals surface area contributed by atoms with E-state index in [1.807, 2.05) is 12.4 Å². The van der Waals surface area contributed by atoms with Crippen molar-refractivity contribution < 1.29 is 0 Å². The standard InChI is InChI=1S/C12H18N4/c1-2-3-4-5-13-8-11-9-15-12-10-14-6-7-16(11)12/h6-7,9-10,13H,2-5,8H2,1H3. The second-order valence-corrected chi connectivity index (χ2v) is 3.94. The largest absolute Gasteiger partial charge is 0.311 e. The molecule has 0 fully saturated rings. The summed E-state index contributed by atoms with van der Waals surface area (Å²) in [6.07, 6.45) is 11.2. The Labute approximate surface area is 95.7 Å². The Hall–Kier alpha value is -1.42. The number of fused-ring (bicyclic) bond motifs is 1. The third kappa shape index (κ3) is 2.58. The van der Waals surface area contributed by atoms with Crippen molar-refractivity contribution in [1.82, 2.24) is 19.7 Å². The van der Waals surface area contributed by atoms with Gasteiger partial charge in [0.1, 0.15) is 0 Å². The summed E-state index contributed by atoms with van der Waals surface area (Å²) in [5.41, 5.74) is 2.10. The summed E-state index contributed by atoms with van der Waals surface area (Å²) >= 11 is 0. The molecule has 16 heavy (non-hydrogen) atoms. The molecule has 2 aromatic heterocycles. The number of hydrogen-bond acceptors (Lipinski definition) is 3. The first kappa shape index (κ1) is 11.1. The van der Waals surface area contributed by atoms with Crippen molar-refractivity contribution in [3.05, 3.63) is 30.5 Å². The van der Waals surface area contributed by atoms with Crippen LogP contribution in [0.2, 0.25) is 0 Å².